The fraction of sp³-hybridized carbons (Fsp3) is 0.500. The van der Waals surface area contributed by atoms with Gasteiger partial charge in [-0.25, -0.2) is 4.79 Å². The van der Waals surface area contributed by atoms with E-state index in [1.807, 2.05) is 30.3 Å². The molecule has 0 unspecified atom stereocenters. The summed E-state index contributed by atoms with van der Waals surface area (Å²) >= 11 is 0. The number of aliphatic carboxylic acids is 1. The molecule has 1 N–H and O–H groups in total. The molecule has 0 spiro atoms. The molecular formula is C16H22N2O5. The number of nitrogens with zero attached hydrogens (tertiary/aromatic N) is 2. The first kappa shape index (κ1) is 17.2. The standard InChI is InChI=1S/C16H22N2O5/c19-15(20)12-18(7-6-17-8-10-22-11-9-17)16(21)23-13-14-4-2-1-3-5-14/h1-5H,6-13H2,(H,19,20). The number of hydrogen-bond donors (Lipinski definition) is 1. The Hall–Kier alpha value is -2.12. The maximum atomic E-state index is 12.1. The molecular weight excluding hydrogens is 300 g/mol. The predicted octanol–water partition coefficient (Wildman–Crippen LogP) is 1.04. The Morgan fingerprint density at radius 3 is 2.57 bits per heavy atom. The van der Waals surface area contributed by atoms with Crippen molar-refractivity contribution in [3.05, 3.63) is 35.9 Å². The average molecular weight is 322 g/mol. The van der Waals surface area contributed by atoms with Crippen molar-refractivity contribution in [1.82, 2.24) is 9.80 Å². The second kappa shape index (κ2) is 9.12. The number of morpholine rings is 1. The van der Waals surface area contributed by atoms with Crippen LogP contribution in [-0.2, 0) is 20.9 Å². The Bertz CT molecular complexity index is 502. The maximum Gasteiger partial charge on any atom is 0.410 e. The molecule has 1 amide bonds. The molecule has 0 radical (unpaired) electrons. The van der Waals surface area contributed by atoms with Gasteiger partial charge in [0, 0.05) is 26.2 Å². The van der Waals surface area contributed by atoms with Crippen molar-refractivity contribution in [2.75, 3.05) is 45.9 Å². The van der Waals surface area contributed by atoms with Gasteiger partial charge in [0.25, 0.3) is 0 Å². The fourth-order valence-corrected chi connectivity index (χ4v) is 2.30. The number of carboxylic acid groups (broad SMARTS) is 1. The van der Waals surface area contributed by atoms with E-state index in [-0.39, 0.29) is 13.2 Å². The van der Waals surface area contributed by atoms with Crippen LogP contribution in [0.1, 0.15) is 5.56 Å². The molecule has 0 atom stereocenters. The van der Waals surface area contributed by atoms with E-state index in [1.165, 1.54) is 4.90 Å². The van der Waals surface area contributed by atoms with Crippen LogP contribution in [0, 0.1) is 0 Å². The highest BCUT2D eigenvalue weighted by atomic mass is 16.6. The minimum atomic E-state index is -1.05. The largest absolute Gasteiger partial charge is 0.480 e. The first-order valence-corrected chi connectivity index (χ1v) is 7.62. The highest BCUT2D eigenvalue weighted by molar-refractivity contribution is 5.76. The minimum Gasteiger partial charge on any atom is -0.480 e. The fourth-order valence-electron chi connectivity index (χ4n) is 2.30. The van der Waals surface area contributed by atoms with E-state index in [9.17, 15) is 9.59 Å². The number of carbonyl (C=O) groups excluding carboxylic acids is 1. The van der Waals surface area contributed by atoms with E-state index in [1.54, 1.807) is 0 Å². The molecule has 0 saturated carbocycles. The zero-order valence-corrected chi connectivity index (χ0v) is 13.0. The van der Waals surface area contributed by atoms with Crippen LogP contribution in [0.4, 0.5) is 4.79 Å². The molecule has 126 valence electrons. The summed E-state index contributed by atoms with van der Waals surface area (Å²) < 4.78 is 10.5. The molecule has 7 heteroatoms. The van der Waals surface area contributed by atoms with E-state index in [0.717, 1.165) is 18.7 Å². The highest BCUT2D eigenvalue weighted by Crippen LogP contribution is 2.04. The Balaban J connectivity index is 1.83. The van der Waals surface area contributed by atoms with Crippen molar-refractivity contribution in [3.8, 4) is 0 Å². The zero-order chi connectivity index (χ0) is 16.5. The van der Waals surface area contributed by atoms with Crippen molar-refractivity contribution >= 4 is 12.1 Å². The van der Waals surface area contributed by atoms with Crippen molar-refractivity contribution in [2.24, 2.45) is 0 Å². The van der Waals surface area contributed by atoms with Gasteiger partial charge in [0.1, 0.15) is 13.2 Å². The average Bonchev–Trinajstić information content (AvgIpc) is 2.58. The quantitative estimate of drug-likeness (QED) is 0.808. The Labute approximate surface area is 135 Å². The molecule has 7 nitrogen and oxygen atoms in total. The van der Waals surface area contributed by atoms with Gasteiger partial charge >= 0.3 is 12.1 Å². The molecule has 0 bridgehead atoms. The van der Waals surface area contributed by atoms with Crippen LogP contribution >= 0.6 is 0 Å². The minimum absolute atomic E-state index is 0.132. The second-order valence-electron chi connectivity index (χ2n) is 5.31. The summed E-state index contributed by atoms with van der Waals surface area (Å²) in [6, 6.07) is 9.29. The summed E-state index contributed by atoms with van der Waals surface area (Å²) in [5.41, 5.74) is 0.865. The lowest BCUT2D eigenvalue weighted by Crippen LogP contribution is -2.44. The van der Waals surface area contributed by atoms with Crippen LogP contribution in [0.5, 0.6) is 0 Å². The number of rotatable bonds is 7. The highest BCUT2D eigenvalue weighted by Gasteiger charge is 2.20. The van der Waals surface area contributed by atoms with Crippen LogP contribution in [0.2, 0.25) is 0 Å². The van der Waals surface area contributed by atoms with E-state index >= 15 is 0 Å². The predicted molar refractivity (Wildman–Crippen MR) is 83.1 cm³/mol. The van der Waals surface area contributed by atoms with E-state index in [2.05, 4.69) is 4.90 Å². The van der Waals surface area contributed by atoms with Crippen LogP contribution in [0.15, 0.2) is 30.3 Å². The molecule has 23 heavy (non-hydrogen) atoms. The summed E-state index contributed by atoms with van der Waals surface area (Å²) in [5, 5.41) is 8.97. The van der Waals surface area contributed by atoms with Gasteiger partial charge in [0.15, 0.2) is 0 Å². The SMILES string of the molecule is O=C(O)CN(CCN1CCOCC1)C(=O)OCc1ccccc1. The molecule has 1 heterocycles. The zero-order valence-electron chi connectivity index (χ0n) is 13.0. The third kappa shape index (κ3) is 6.25. The second-order valence-corrected chi connectivity index (χ2v) is 5.31. The monoisotopic (exact) mass is 322 g/mol. The van der Waals surface area contributed by atoms with Crippen LogP contribution in [0.3, 0.4) is 0 Å². The molecule has 0 aromatic heterocycles. The summed E-state index contributed by atoms with van der Waals surface area (Å²) in [6.07, 6.45) is -0.607. The number of ether oxygens (including phenoxy) is 2. The van der Waals surface area contributed by atoms with E-state index in [4.69, 9.17) is 14.6 Å². The topological polar surface area (TPSA) is 79.3 Å². The first-order chi connectivity index (χ1) is 11.1. The van der Waals surface area contributed by atoms with Crippen LogP contribution in [0.25, 0.3) is 0 Å². The first-order valence-electron chi connectivity index (χ1n) is 7.62. The Kier molecular flexibility index (Phi) is 6.83. The summed E-state index contributed by atoms with van der Waals surface area (Å²) in [7, 11) is 0. The van der Waals surface area contributed by atoms with Gasteiger partial charge in [0.2, 0.25) is 0 Å². The molecule has 2 rings (SSSR count). The van der Waals surface area contributed by atoms with Gasteiger partial charge in [-0.3, -0.25) is 14.6 Å². The van der Waals surface area contributed by atoms with Crippen molar-refractivity contribution < 1.29 is 24.2 Å². The maximum absolute atomic E-state index is 12.1. The molecule has 1 aromatic carbocycles. The number of hydrogen-bond acceptors (Lipinski definition) is 5. The Morgan fingerprint density at radius 2 is 1.91 bits per heavy atom. The van der Waals surface area contributed by atoms with Gasteiger partial charge < -0.3 is 14.6 Å². The van der Waals surface area contributed by atoms with Gasteiger partial charge in [-0.1, -0.05) is 30.3 Å². The molecule has 1 fully saturated rings. The van der Waals surface area contributed by atoms with Crippen LogP contribution in [-0.4, -0.2) is 72.9 Å². The number of carbonyl (C=O) groups is 2. The lowest BCUT2D eigenvalue weighted by atomic mass is 10.2. The van der Waals surface area contributed by atoms with Gasteiger partial charge in [-0.2, -0.15) is 0 Å². The lowest BCUT2D eigenvalue weighted by molar-refractivity contribution is -0.138. The summed E-state index contributed by atoms with van der Waals surface area (Å²) in [6.45, 7) is 3.61. The van der Waals surface area contributed by atoms with Crippen LogP contribution < -0.4 is 0 Å². The number of amides is 1. The number of benzene rings is 1. The Morgan fingerprint density at radius 1 is 1.22 bits per heavy atom. The molecule has 1 aliphatic rings. The summed E-state index contributed by atoms with van der Waals surface area (Å²) in [5.74, 6) is -1.05. The smallest absolute Gasteiger partial charge is 0.410 e. The normalized spacial score (nSPS) is 15.1. The molecule has 1 aliphatic heterocycles. The van der Waals surface area contributed by atoms with Crippen molar-refractivity contribution in [1.29, 1.82) is 0 Å². The molecule has 1 aromatic rings. The third-order valence-electron chi connectivity index (χ3n) is 3.58. The van der Waals surface area contributed by atoms with E-state index < -0.39 is 12.1 Å². The molecule has 0 aliphatic carbocycles. The summed E-state index contributed by atoms with van der Waals surface area (Å²) in [4.78, 5) is 26.4. The van der Waals surface area contributed by atoms with Gasteiger partial charge in [-0.05, 0) is 5.56 Å². The van der Waals surface area contributed by atoms with Crippen molar-refractivity contribution in [3.63, 3.8) is 0 Å². The molecule has 1 saturated heterocycles. The van der Waals surface area contributed by atoms with Crippen molar-refractivity contribution in [2.45, 2.75) is 6.61 Å². The third-order valence-corrected chi connectivity index (χ3v) is 3.58. The van der Waals surface area contributed by atoms with Gasteiger partial charge in [-0.15, -0.1) is 0 Å². The van der Waals surface area contributed by atoms with E-state index in [0.29, 0.717) is 26.3 Å². The lowest BCUT2D eigenvalue weighted by Gasteiger charge is -2.29. The number of carboxylic acids is 1. The van der Waals surface area contributed by atoms with Gasteiger partial charge in [0.05, 0.1) is 13.2 Å².